The van der Waals surface area contributed by atoms with Gasteiger partial charge in [-0.05, 0) is 17.9 Å². The number of piperidine rings is 1. The van der Waals surface area contributed by atoms with Crippen LogP contribution in [0.2, 0.25) is 0 Å². The normalized spacial score (nSPS) is 24.0. The summed E-state index contributed by atoms with van der Waals surface area (Å²) in [5.74, 6) is -0.0278. The second-order valence-corrected chi connectivity index (χ2v) is 6.94. The Bertz CT molecular complexity index is 519. The van der Waals surface area contributed by atoms with E-state index in [1.54, 1.807) is 11.3 Å². The molecule has 1 aromatic rings. The minimum absolute atomic E-state index is 0.0406. The lowest BCUT2D eigenvalue weighted by Gasteiger charge is -2.34. The van der Waals surface area contributed by atoms with Crippen LogP contribution in [-0.4, -0.2) is 56.1 Å². The molecule has 2 aliphatic rings. The highest BCUT2D eigenvalue weighted by Gasteiger charge is 2.27. The van der Waals surface area contributed by atoms with Gasteiger partial charge in [0.15, 0.2) is 0 Å². The quantitative estimate of drug-likeness (QED) is 0.832. The number of carbonyl (C=O) groups excluding carboxylic acids is 2. The number of nitrogens with zero attached hydrogens (tertiary/aromatic N) is 1. The van der Waals surface area contributed by atoms with Gasteiger partial charge in [0.2, 0.25) is 11.8 Å². The lowest BCUT2D eigenvalue weighted by molar-refractivity contribution is -0.129. The van der Waals surface area contributed by atoms with Gasteiger partial charge in [0.05, 0.1) is 25.2 Å². The molecule has 0 bridgehead atoms. The topological polar surface area (TPSA) is 70.7 Å². The molecule has 0 aromatic carbocycles. The molecule has 2 amide bonds. The molecule has 126 valence electrons. The van der Waals surface area contributed by atoms with Gasteiger partial charge >= 0.3 is 0 Å². The molecule has 1 aromatic heterocycles. The third-order valence-corrected chi connectivity index (χ3v) is 5.44. The van der Waals surface area contributed by atoms with Crippen LogP contribution >= 0.6 is 11.3 Å². The number of rotatable bonds is 5. The number of morpholine rings is 1. The van der Waals surface area contributed by atoms with Crippen LogP contribution in [0.15, 0.2) is 17.5 Å². The van der Waals surface area contributed by atoms with Crippen LogP contribution in [0.4, 0.5) is 0 Å². The second-order valence-electron chi connectivity index (χ2n) is 5.96. The third-order valence-electron chi connectivity index (χ3n) is 4.46. The maximum absolute atomic E-state index is 12.4. The van der Waals surface area contributed by atoms with Crippen LogP contribution in [0.25, 0.3) is 0 Å². The summed E-state index contributed by atoms with van der Waals surface area (Å²) in [6, 6.07) is 4.37. The fourth-order valence-electron chi connectivity index (χ4n) is 3.08. The average molecular weight is 337 g/mol. The lowest BCUT2D eigenvalue weighted by atomic mass is 9.98. The summed E-state index contributed by atoms with van der Waals surface area (Å²) in [6.45, 7) is 4.31. The van der Waals surface area contributed by atoms with E-state index in [4.69, 9.17) is 4.74 Å². The van der Waals surface area contributed by atoms with Gasteiger partial charge in [0.25, 0.3) is 0 Å². The predicted molar refractivity (Wildman–Crippen MR) is 88.2 cm³/mol. The molecule has 0 radical (unpaired) electrons. The van der Waals surface area contributed by atoms with E-state index in [9.17, 15) is 9.59 Å². The van der Waals surface area contributed by atoms with Gasteiger partial charge in [-0.25, -0.2) is 0 Å². The van der Waals surface area contributed by atoms with Crippen molar-refractivity contribution in [3.05, 3.63) is 22.4 Å². The van der Waals surface area contributed by atoms with Gasteiger partial charge in [-0.1, -0.05) is 6.07 Å². The van der Waals surface area contributed by atoms with E-state index in [1.807, 2.05) is 6.07 Å². The summed E-state index contributed by atoms with van der Waals surface area (Å²) < 4.78 is 5.43. The second kappa shape index (κ2) is 7.90. The Hall–Kier alpha value is -1.44. The van der Waals surface area contributed by atoms with Crippen molar-refractivity contribution < 1.29 is 14.3 Å². The molecule has 0 aliphatic carbocycles. The van der Waals surface area contributed by atoms with Crippen molar-refractivity contribution in [2.75, 3.05) is 39.4 Å². The zero-order valence-corrected chi connectivity index (χ0v) is 13.9. The Morgan fingerprint density at radius 1 is 1.48 bits per heavy atom. The summed E-state index contributed by atoms with van der Waals surface area (Å²) in [5.41, 5.74) is 0. The Morgan fingerprint density at radius 3 is 2.96 bits per heavy atom. The van der Waals surface area contributed by atoms with E-state index in [1.165, 1.54) is 4.88 Å². The van der Waals surface area contributed by atoms with Crippen LogP contribution in [-0.2, 0) is 14.3 Å². The molecule has 2 aliphatic heterocycles. The van der Waals surface area contributed by atoms with Crippen LogP contribution in [0.1, 0.15) is 23.8 Å². The summed E-state index contributed by atoms with van der Waals surface area (Å²) in [7, 11) is 0. The zero-order valence-electron chi connectivity index (χ0n) is 13.1. The minimum atomic E-state index is -0.110. The molecule has 3 rings (SSSR count). The van der Waals surface area contributed by atoms with Crippen molar-refractivity contribution in [2.24, 2.45) is 5.92 Å². The smallest absolute Gasteiger partial charge is 0.224 e. The van der Waals surface area contributed by atoms with Crippen molar-refractivity contribution in [3.8, 4) is 0 Å². The largest absolute Gasteiger partial charge is 0.379 e. The Labute approximate surface area is 140 Å². The maximum Gasteiger partial charge on any atom is 0.224 e. The highest BCUT2D eigenvalue weighted by molar-refractivity contribution is 7.10. The van der Waals surface area contributed by atoms with Crippen molar-refractivity contribution >= 4 is 23.2 Å². The van der Waals surface area contributed by atoms with E-state index in [0.717, 1.165) is 26.3 Å². The lowest BCUT2D eigenvalue weighted by Crippen LogP contribution is -2.47. The molecular weight excluding hydrogens is 314 g/mol. The monoisotopic (exact) mass is 337 g/mol. The first-order valence-electron chi connectivity index (χ1n) is 8.13. The van der Waals surface area contributed by atoms with Crippen molar-refractivity contribution in [3.63, 3.8) is 0 Å². The minimum Gasteiger partial charge on any atom is -0.379 e. The van der Waals surface area contributed by atoms with Gasteiger partial charge in [0, 0.05) is 37.5 Å². The summed E-state index contributed by atoms with van der Waals surface area (Å²) in [4.78, 5) is 27.2. The number of carbonyl (C=O) groups is 2. The average Bonchev–Trinajstić information content (AvgIpc) is 3.11. The SMILES string of the molecule is O=C1CCC(C(=O)NCC(c2cccs2)N2CCOCC2)CN1. The molecule has 3 heterocycles. The van der Waals surface area contributed by atoms with Crippen LogP contribution in [0, 0.1) is 5.92 Å². The standard InChI is InChI=1S/C16H23N3O3S/c20-15-4-3-12(10-17-15)16(21)18-11-13(14-2-1-9-23-14)19-5-7-22-8-6-19/h1-2,9,12-13H,3-8,10-11H2,(H,17,20)(H,18,21). The van der Waals surface area contributed by atoms with E-state index in [-0.39, 0.29) is 23.8 Å². The number of hydrogen-bond donors (Lipinski definition) is 2. The Morgan fingerprint density at radius 2 is 2.30 bits per heavy atom. The number of amides is 2. The third kappa shape index (κ3) is 4.31. The first-order chi connectivity index (χ1) is 11.2. The molecule has 7 heteroatoms. The van der Waals surface area contributed by atoms with Crippen LogP contribution in [0.3, 0.4) is 0 Å². The van der Waals surface area contributed by atoms with Crippen molar-refractivity contribution in [2.45, 2.75) is 18.9 Å². The molecule has 2 fully saturated rings. The Kier molecular flexibility index (Phi) is 5.64. The molecular formula is C16H23N3O3S. The first-order valence-corrected chi connectivity index (χ1v) is 9.01. The number of hydrogen-bond acceptors (Lipinski definition) is 5. The Balaban J connectivity index is 1.57. The van der Waals surface area contributed by atoms with E-state index < -0.39 is 0 Å². The van der Waals surface area contributed by atoms with Gasteiger partial charge in [-0.3, -0.25) is 14.5 Å². The highest BCUT2D eigenvalue weighted by atomic mass is 32.1. The molecule has 0 spiro atoms. The van der Waals surface area contributed by atoms with Gasteiger partial charge in [-0.15, -0.1) is 11.3 Å². The number of ether oxygens (including phenoxy) is 1. The molecule has 2 N–H and O–H groups in total. The molecule has 6 nitrogen and oxygen atoms in total. The van der Waals surface area contributed by atoms with E-state index in [0.29, 0.717) is 25.9 Å². The predicted octanol–water partition coefficient (Wildman–Crippen LogP) is 0.764. The molecule has 2 atom stereocenters. The molecule has 2 unspecified atom stereocenters. The van der Waals surface area contributed by atoms with E-state index >= 15 is 0 Å². The fraction of sp³-hybridized carbons (Fsp3) is 0.625. The zero-order chi connectivity index (χ0) is 16.1. The van der Waals surface area contributed by atoms with Crippen LogP contribution < -0.4 is 10.6 Å². The first kappa shape index (κ1) is 16.4. The van der Waals surface area contributed by atoms with E-state index in [2.05, 4.69) is 27.0 Å². The van der Waals surface area contributed by atoms with Gasteiger partial charge in [-0.2, -0.15) is 0 Å². The van der Waals surface area contributed by atoms with Crippen molar-refractivity contribution in [1.29, 1.82) is 0 Å². The number of thiophene rings is 1. The van der Waals surface area contributed by atoms with Crippen LogP contribution in [0.5, 0.6) is 0 Å². The summed E-state index contributed by atoms with van der Waals surface area (Å²) in [5, 5.41) is 7.92. The van der Waals surface area contributed by atoms with Gasteiger partial charge < -0.3 is 15.4 Å². The highest BCUT2D eigenvalue weighted by Crippen LogP contribution is 2.25. The molecule has 23 heavy (non-hydrogen) atoms. The molecule has 2 saturated heterocycles. The van der Waals surface area contributed by atoms with Crippen molar-refractivity contribution in [1.82, 2.24) is 15.5 Å². The summed E-state index contributed by atoms with van der Waals surface area (Å²) in [6.07, 6.45) is 1.08. The number of nitrogens with one attached hydrogen (secondary N) is 2. The maximum atomic E-state index is 12.4. The van der Waals surface area contributed by atoms with Gasteiger partial charge in [0.1, 0.15) is 0 Å². The molecule has 0 saturated carbocycles. The fourth-order valence-corrected chi connectivity index (χ4v) is 3.94. The summed E-state index contributed by atoms with van der Waals surface area (Å²) >= 11 is 1.72.